The quantitative estimate of drug-likeness (QED) is 0.595. The highest BCUT2D eigenvalue weighted by Gasteiger charge is 2.07. The number of pyridine rings is 1. The van der Waals surface area contributed by atoms with Gasteiger partial charge in [0.1, 0.15) is 5.69 Å². The van der Waals surface area contributed by atoms with E-state index in [4.69, 9.17) is 0 Å². The Morgan fingerprint density at radius 3 is 2.50 bits per heavy atom. The minimum Gasteiger partial charge on any atom is -0.298 e. The molecule has 0 aliphatic rings. The summed E-state index contributed by atoms with van der Waals surface area (Å²) in [5.41, 5.74) is 2.03. The van der Waals surface area contributed by atoms with Crippen molar-refractivity contribution in [1.82, 2.24) is 4.98 Å². The van der Waals surface area contributed by atoms with Gasteiger partial charge < -0.3 is 0 Å². The highest BCUT2D eigenvalue weighted by atomic mass is 16.1. The van der Waals surface area contributed by atoms with Crippen LogP contribution in [0.15, 0.2) is 48.7 Å². The van der Waals surface area contributed by atoms with Crippen LogP contribution < -0.4 is 0 Å². The SMILES string of the molecule is O=Cc1ccc(C(=O)CCc2ccccc2)nc1. The molecule has 3 heteroatoms. The van der Waals surface area contributed by atoms with E-state index in [1.54, 1.807) is 12.1 Å². The third-order valence-corrected chi connectivity index (χ3v) is 2.69. The van der Waals surface area contributed by atoms with Gasteiger partial charge in [0.2, 0.25) is 0 Å². The van der Waals surface area contributed by atoms with Crippen LogP contribution in [0.1, 0.15) is 32.8 Å². The van der Waals surface area contributed by atoms with Gasteiger partial charge in [-0.3, -0.25) is 14.6 Å². The molecule has 0 aliphatic heterocycles. The van der Waals surface area contributed by atoms with Crippen molar-refractivity contribution in [3.05, 3.63) is 65.5 Å². The lowest BCUT2D eigenvalue weighted by molar-refractivity contribution is 0.0977. The lowest BCUT2D eigenvalue weighted by Gasteiger charge is -2.01. The Bertz CT molecular complexity index is 532. The molecule has 1 aromatic heterocycles. The molecule has 0 radical (unpaired) electrons. The fourth-order valence-corrected chi connectivity index (χ4v) is 1.67. The number of benzene rings is 1. The smallest absolute Gasteiger partial charge is 0.181 e. The van der Waals surface area contributed by atoms with E-state index in [1.807, 2.05) is 30.3 Å². The third-order valence-electron chi connectivity index (χ3n) is 2.69. The standard InChI is InChI=1S/C15H13NO2/c17-11-13-6-8-14(16-10-13)15(18)9-7-12-4-2-1-3-5-12/h1-6,8,10-11H,7,9H2. The summed E-state index contributed by atoms with van der Waals surface area (Å²) >= 11 is 0. The molecule has 0 unspecified atom stereocenters. The molecule has 2 rings (SSSR count). The van der Waals surface area contributed by atoms with Crippen LogP contribution in [0.2, 0.25) is 0 Å². The summed E-state index contributed by atoms with van der Waals surface area (Å²) in [4.78, 5) is 26.3. The highest BCUT2D eigenvalue weighted by molar-refractivity contribution is 5.94. The number of carbonyl (C=O) groups excluding carboxylic acids is 2. The first kappa shape index (κ1) is 12.2. The number of aldehydes is 1. The fraction of sp³-hybridized carbons (Fsp3) is 0.133. The first-order chi connectivity index (χ1) is 8.79. The zero-order valence-electron chi connectivity index (χ0n) is 9.87. The third kappa shape index (κ3) is 3.10. The fourth-order valence-electron chi connectivity index (χ4n) is 1.67. The van der Waals surface area contributed by atoms with Crippen LogP contribution in [-0.2, 0) is 6.42 Å². The van der Waals surface area contributed by atoms with Crippen LogP contribution >= 0.6 is 0 Å². The van der Waals surface area contributed by atoms with Gasteiger partial charge in [0.15, 0.2) is 12.1 Å². The van der Waals surface area contributed by atoms with E-state index < -0.39 is 0 Å². The lowest BCUT2D eigenvalue weighted by Crippen LogP contribution is -2.04. The Kier molecular flexibility index (Phi) is 3.97. The molecular formula is C15H13NO2. The first-order valence-corrected chi connectivity index (χ1v) is 5.78. The molecule has 1 aromatic carbocycles. The van der Waals surface area contributed by atoms with Crippen LogP contribution in [0.25, 0.3) is 0 Å². The second kappa shape index (κ2) is 5.87. The highest BCUT2D eigenvalue weighted by Crippen LogP contribution is 2.07. The van der Waals surface area contributed by atoms with Gasteiger partial charge in [0.25, 0.3) is 0 Å². The van der Waals surface area contributed by atoms with Gasteiger partial charge in [-0.2, -0.15) is 0 Å². The number of nitrogens with zero attached hydrogens (tertiary/aromatic N) is 1. The second-order valence-corrected chi connectivity index (χ2v) is 4.00. The molecule has 0 spiro atoms. The van der Waals surface area contributed by atoms with E-state index in [1.165, 1.54) is 6.20 Å². The molecule has 0 saturated carbocycles. The number of aryl methyl sites for hydroxylation is 1. The molecule has 3 nitrogen and oxygen atoms in total. The maximum Gasteiger partial charge on any atom is 0.181 e. The zero-order valence-corrected chi connectivity index (χ0v) is 9.87. The molecule has 2 aromatic rings. The second-order valence-electron chi connectivity index (χ2n) is 4.00. The lowest BCUT2D eigenvalue weighted by atomic mass is 10.1. The van der Waals surface area contributed by atoms with E-state index in [9.17, 15) is 9.59 Å². The predicted octanol–water partition coefficient (Wildman–Crippen LogP) is 2.71. The molecule has 18 heavy (non-hydrogen) atoms. The van der Waals surface area contributed by atoms with E-state index >= 15 is 0 Å². The maximum atomic E-state index is 11.9. The van der Waals surface area contributed by atoms with Gasteiger partial charge in [-0.15, -0.1) is 0 Å². The van der Waals surface area contributed by atoms with Gasteiger partial charge in [-0.05, 0) is 24.1 Å². The molecule has 0 fully saturated rings. The van der Waals surface area contributed by atoms with Crippen LogP contribution in [-0.4, -0.2) is 17.1 Å². The number of hydrogen-bond donors (Lipinski definition) is 0. The molecule has 0 N–H and O–H groups in total. The molecule has 0 amide bonds. The van der Waals surface area contributed by atoms with Gasteiger partial charge in [-0.25, -0.2) is 0 Å². The molecule has 0 aliphatic carbocycles. The summed E-state index contributed by atoms with van der Waals surface area (Å²) in [6.07, 6.45) is 3.27. The molecule has 0 saturated heterocycles. The van der Waals surface area contributed by atoms with Gasteiger partial charge in [0.05, 0.1) is 0 Å². The molecule has 0 atom stereocenters. The van der Waals surface area contributed by atoms with Crippen molar-refractivity contribution < 1.29 is 9.59 Å². The average Bonchev–Trinajstić information content (AvgIpc) is 2.46. The van der Waals surface area contributed by atoms with Crippen molar-refractivity contribution in [1.29, 1.82) is 0 Å². The Balaban J connectivity index is 1.97. The van der Waals surface area contributed by atoms with Crippen LogP contribution in [0.4, 0.5) is 0 Å². The predicted molar refractivity (Wildman–Crippen MR) is 68.7 cm³/mol. The number of hydrogen-bond acceptors (Lipinski definition) is 3. The Morgan fingerprint density at radius 1 is 1.11 bits per heavy atom. The van der Waals surface area contributed by atoms with Crippen molar-refractivity contribution in [3.8, 4) is 0 Å². The van der Waals surface area contributed by atoms with E-state index in [0.717, 1.165) is 5.56 Å². The number of ketones is 1. The molecule has 0 bridgehead atoms. The van der Waals surface area contributed by atoms with E-state index in [-0.39, 0.29) is 5.78 Å². The monoisotopic (exact) mass is 239 g/mol. The van der Waals surface area contributed by atoms with Gasteiger partial charge >= 0.3 is 0 Å². The van der Waals surface area contributed by atoms with Crippen molar-refractivity contribution in [2.24, 2.45) is 0 Å². The van der Waals surface area contributed by atoms with Crippen LogP contribution in [0, 0.1) is 0 Å². The van der Waals surface area contributed by atoms with Crippen molar-refractivity contribution in [3.63, 3.8) is 0 Å². The largest absolute Gasteiger partial charge is 0.298 e. The number of aromatic nitrogens is 1. The minimum absolute atomic E-state index is 0.00342. The van der Waals surface area contributed by atoms with Crippen molar-refractivity contribution in [2.45, 2.75) is 12.8 Å². The summed E-state index contributed by atoms with van der Waals surface area (Å²) in [6.45, 7) is 0. The summed E-state index contributed by atoms with van der Waals surface area (Å²) in [5, 5.41) is 0. The topological polar surface area (TPSA) is 47.0 Å². The normalized spacial score (nSPS) is 10.0. The number of carbonyl (C=O) groups is 2. The summed E-state index contributed by atoms with van der Waals surface area (Å²) in [7, 11) is 0. The Hall–Kier alpha value is -2.29. The number of rotatable bonds is 5. The van der Waals surface area contributed by atoms with E-state index in [0.29, 0.717) is 30.4 Å². The first-order valence-electron chi connectivity index (χ1n) is 5.78. The average molecular weight is 239 g/mol. The van der Waals surface area contributed by atoms with Crippen LogP contribution in [0.5, 0.6) is 0 Å². The van der Waals surface area contributed by atoms with Gasteiger partial charge in [0, 0.05) is 18.2 Å². The Labute approximate surface area is 105 Å². The van der Waals surface area contributed by atoms with Crippen LogP contribution in [0.3, 0.4) is 0 Å². The molecule has 1 heterocycles. The number of Topliss-reactive ketones (excluding diaryl/α,β-unsaturated/α-hetero) is 1. The molecular weight excluding hydrogens is 226 g/mol. The minimum atomic E-state index is -0.00342. The summed E-state index contributed by atoms with van der Waals surface area (Å²) in [5.74, 6) is -0.00342. The van der Waals surface area contributed by atoms with Crippen molar-refractivity contribution >= 4 is 12.1 Å². The van der Waals surface area contributed by atoms with Crippen molar-refractivity contribution in [2.75, 3.05) is 0 Å². The molecule has 90 valence electrons. The zero-order chi connectivity index (χ0) is 12.8. The Morgan fingerprint density at radius 2 is 1.89 bits per heavy atom. The van der Waals surface area contributed by atoms with Gasteiger partial charge in [-0.1, -0.05) is 30.3 Å². The van der Waals surface area contributed by atoms with E-state index in [2.05, 4.69) is 4.98 Å². The summed E-state index contributed by atoms with van der Waals surface area (Å²) in [6, 6.07) is 13.1. The maximum absolute atomic E-state index is 11.9. The summed E-state index contributed by atoms with van der Waals surface area (Å²) < 4.78 is 0.